The summed E-state index contributed by atoms with van der Waals surface area (Å²) in [5, 5.41) is 3.54. The van der Waals surface area contributed by atoms with Gasteiger partial charge in [-0.3, -0.25) is 4.90 Å². The van der Waals surface area contributed by atoms with Crippen LogP contribution in [0.4, 0.5) is 0 Å². The summed E-state index contributed by atoms with van der Waals surface area (Å²) in [5.41, 5.74) is 1.28. The van der Waals surface area contributed by atoms with Crippen molar-refractivity contribution in [1.82, 2.24) is 10.2 Å². The van der Waals surface area contributed by atoms with Crippen molar-refractivity contribution in [2.45, 2.75) is 50.5 Å². The molecular weight excluding hydrogens is 316 g/mol. The van der Waals surface area contributed by atoms with Gasteiger partial charge in [0.15, 0.2) is 0 Å². The summed E-state index contributed by atoms with van der Waals surface area (Å²) in [4.78, 5) is 2.59. The van der Waals surface area contributed by atoms with Crippen molar-refractivity contribution >= 4 is 0 Å². The fourth-order valence-corrected chi connectivity index (χ4v) is 3.68. The predicted octanol–water partition coefficient (Wildman–Crippen LogP) is 2.20. The standard InChI is InChI=1S/C20H30N2O3/c1-2-19(23-10-1)15-25-18-7-3-16(4-8-18)12-21-13-20-14-22(9-11-24-20)17-5-6-17/h3-4,7-8,17,19-21H,1-2,5-6,9-15H2. The predicted molar refractivity (Wildman–Crippen MR) is 97.0 cm³/mol. The van der Waals surface area contributed by atoms with Crippen LogP contribution in [0.25, 0.3) is 0 Å². The Balaban J connectivity index is 1.15. The Morgan fingerprint density at radius 2 is 1.88 bits per heavy atom. The highest BCUT2D eigenvalue weighted by molar-refractivity contribution is 5.27. The smallest absolute Gasteiger partial charge is 0.119 e. The second-order valence-electron chi connectivity index (χ2n) is 7.44. The van der Waals surface area contributed by atoms with Crippen LogP contribution in [0.2, 0.25) is 0 Å². The van der Waals surface area contributed by atoms with Crippen molar-refractivity contribution in [3.63, 3.8) is 0 Å². The fourth-order valence-electron chi connectivity index (χ4n) is 3.68. The zero-order valence-corrected chi connectivity index (χ0v) is 15.0. The molecule has 0 radical (unpaired) electrons. The summed E-state index contributed by atoms with van der Waals surface area (Å²) in [6, 6.07) is 9.22. The summed E-state index contributed by atoms with van der Waals surface area (Å²) in [6.07, 6.45) is 5.61. The van der Waals surface area contributed by atoms with E-state index in [1.807, 2.05) is 0 Å². The van der Waals surface area contributed by atoms with Crippen LogP contribution < -0.4 is 10.1 Å². The van der Waals surface area contributed by atoms with Crippen molar-refractivity contribution in [2.24, 2.45) is 0 Å². The van der Waals surface area contributed by atoms with E-state index in [0.717, 1.165) is 64.0 Å². The molecule has 1 aliphatic carbocycles. The molecule has 0 spiro atoms. The first-order valence-corrected chi connectivity index (χ1v) is 9.76. The molecule has 1 aromatic rings. The lowest BCUT2D eigenvalue weighted by molar-refractivity contribution is -0.0301. The maximum atomic E-state index is 5.89. The summed E-state index contributed by atoms with van der Waals surface area (Å²) in [5.74, 6) is 0.926. The zero-order valence-electron chi connectivity index (χ0n) is 15.0. The molecule has 1 N–H and O–H groups in total. The van der Waals surface area contributed by atoms with Crippen LogP contribution in [0.5, 0.6) is 5.75 Å². The Bertz CT molecular complexity index is 526. The number of benzene rings is 1. The van der Waals surface area contributed by atoms with Gasteiger partial charge in [0, 0.05) is 38.8 Å². The Hall–Kier alpha value is -1.14. The third-order valence-corrected chi connectivity index (χ3v) is 5.32. The normalized spacial score (nSPS) is 27.5. The van der Waals surface area contributed by atoms with E-state index >= 15 is 0 Å². The van der Waals surface area contributed by atoms with Gasteiger partial charge in [0.05, 0.1) is 18.8 Å². The van der Waals surface area contributed by atoms with Gasteiger partial charge in [-0.2, -0.15) is 0 Å². The lowest BCUT2D eigenvalue weighted by Gasteiger charge is -2.33. The van der Waals surface area contributed by atoms with Crippen molar-refractivity contribution in [2.75, 3.05) is 39.5 Å². The van der Waals surface area contributed by atoms with Gasteiger partial charge >= 0.3 is 0 Å². The number of nitrogens with one attached hydrogen (secondary N) is 1. The third kappa shape index (κ3) is 5.17. The number of hydrogen-bond acceptors (Lipinski definition) is 5. The molecule has 25 heavy (non-hydrogen) atoms. The third-order valence-electron chi connectivity index (χ3n) is 5.32. The molecule has 2 heterocycles. The highest BCUT2D eigenvalue weighted by Crippen LogP contribution is 2.28. The van der Waals surface area contributed by atoms with Gasteiger partial charge in [-0.05, 0) is 43.4 Å². The minimum Gasteiger partial charge on any atom is -0.491 e. The van der Waals surface area contributed by atoms with Crippen molar-refractivity contribution < 1.29 is 14.2 Å². The first-order valence-electron chi connectivity index (χ1n) is 9.76. The Kier molecular flexibility index (Phi) is 5.87. The lowest BCUT2D eigenvalue weighted by atomic mass is 10.2. The molecule has 2 aliphatic heterocycles. The molecule has 2 atom stereocenters. The van der Waals surface area contributed by atoms with Crippen molar-refractivity contribution in [3.05, 3.63) is 29.8 Å². The van der Waals surface area contributed by atoms with Gasteiger partial charge in [0.2, 0.25) is 0 Å². The van der Waals surface area contributed by atoms with Crippen LogP contribution in [-0.2, 0) is 16.0 Å². The molecule has 0 bridgehead atoms. The second kappa shape index (κ2) is 8.49. The molecule has 2 unspecified atom stereocenters. The average Bonchev–Trinajstić information content (AvgIpc) is 3.38. The molecule has 4 rings (SSSR count). The van der Waals surface area contributed by atoms with Crippen molar-refractivity contribution in [1.29, 1.82) is 0 Å². The summed E-state index contributed by atoms with van der Waals surface area (Å²) in [6.45, 7) is 6.38. The minimum atomic E-state index is 0.270. The van der Waals surface area contributed by atoms with E-state index in [4.69, 9.17) is 14.2 Å². The molecule has 138 valence electrons. The van der Waals surface area contributed by atoms with Crippen LogP contribution in [0, 0.1) is 0 Å². The number of ether oxygens (including phenoxy) is 3. The Morgan fingerprint density at radius 3 is 2.64 bits per heavy atom. The number of morpholine rings is 1. The highest BCUT2D eigenvalue weighted by atomic mass is 16.5. The van der Waals surface area contributed by atoms with Gasteiger partial charge < -0.3 is 19.5 Å². The van der Waals surface area contributed by atoms with E-state index in [-0.39, 0.29) is 6.10 Å². The maximum Gasteiger partial charge on any atom is 0.119 e. The molecule has 1 saturated carbocycles. The SMILES string of the molecule is c1cc(OCC2CCCO2)ccc1CNCC1CN(C2CC2)CCO1. The van der Waals surface area contributed by atoms with E-state index in [0.29, 0.717) is 12.7 Å². The summed E-state index contributed by atoms with van der Waals surface area (Å²) < 4.78 is 17.3. The van der Waals surface area contributed by atoms with E-state index in [9.17, 15) is 0 Å². The molecular formula is C20H30N2O3. The van der Waals surface area contributed by atoms with Crippen LogP contribution in [-0.4, -0.2) is 62.6 Å². The zero-order chi connectivity index (χ0) is 16.9. The molecule has 0 aromatic heterocycles. The molecule has 2 saturated heterocycles. The number of nitrogens with zero attached hydrogens (tertiary/aromatic N) is 1. The summed E-state index contributed by atoms with van der Waals surface area (Å²) in [7, 11) is 0. The first-order chi connectivity index (χ1) is 12.4. The highest BCUT2D eigenvalue weighted by Gasteiger charge is 2.32. The van der Waals surface area contributed by atoms with Crippen molar-refractivity contribution in [3.8, 4) is 5.75 Å². The molecule has 3 aliphatic rings. The van der Waals surface area contributed by atoms with Crippen LogP contribution in [0.1, 0.15) is 31.2 Å². The van der Waals surface area contributed by atoms with Gasteiger partial charge in [-0.1, -0.05) is 12.1 Å². The Labute approximate surface area is 150 Å². The first kappa shape index (κ1) is 17.3. The largest absolute Gasteiger partial charge is 0.491 e. The van der Waals surface area contributed by atoms with E-state index < -0.39 is 0 Å². The van der Waals surface area contributed by atoms with Gasteiger partial charge in [-0.25, -0.2) is 0 Å². The Morgan fingerprint density at radius 1 is 1.04 bits per heavy atom. The molecule has 3 fully saturated rings. The van der Waals surface area contributed by atoms with E-state index in [1.54, 1.807) is 0 Å². The topological polar surface area (TPSA) is 43.0 Å². The van der Waals surface area contributed by atoms with E-state index in [2.05, 4.69) is 34.5 Å². The average molecular weight is 346 g/mol. The van der Waals surface area contributed by atoms with Crippen LogP contribution >= 0.6 is 0 Å². The lowest BCUT2D eigenvalue weighted by Crippen LogP contribution is -2.47. The number of hydrogen-bond donors (Lipinski definition) is 1. The van der Waals surface area contributed by atoms with Gasteiger partial charge in [-0.15, -0.1) is 0 Å². The molecule has 0 amide bonds. The minimum absolute atomic E-state index is 0.270. The second-order valence-corrected chi connectivity index (χ2v) is 7.44. The van der Waals surface area contributed by atoms with Gasteiger partial charge in [0.25, 0.3) is 0 Å². The monoisotopic (exact) mass is 346 g/mol. The fraction of sp³-hybridized carbons (Fsp3) is 0.700. The molecule has 1 aromatic carbocycles. The molecule has 5 nitrogen and oxygen atoms in total. The van der Waals surface area contributed by atoms with Crippen LogP contribution in [0.3, 0.4) is 0 Å². The summed E-state index contributed by atoms with van der Waals surface area (Å²) >= 11 is 0. The maximum absolute atomic E-state index is 5.89. The van der Waals surface area contributed by atoms with Gasteiger partial charge in [0.1, 0.15) is 12.4 Å². The van der Waals surface area contributed by atoms with Crippen LogP contribution in [0.15, 0.2) is 24.3 Å². The van der Waals surface area contributed by atoms with E-state index in [1.165, 1.54) is 18.4 Å². The quantitative estimate of drug-likeness (QED) is 0.782. The number of rotatable bonds is 8. The molecule has 5 heteroatoms.